The number of rotatable bonds is 8. The Morgan fingerprint density at radius 1 is 0.935 bits per heavy atom. The topological polar surface area (TPSA) is 81.4 Å². The molecule has 0 aliphatic rings. The summed E-state index contributed by atoms with van der Waals surface area (Å²) < 4.78 is 4.49. The second-order valence-corrected chi connectivity index (χ2v) is 8.55. The Morgan fingerprint density at radius 3 is 2.29 bits per heavy atom. The number of amides is 1. The summed E-state index contributed by atoms with van der Waals surface area (Å²) in [5.41, 5.74) is 9.38. The normalized spacial score (nSPS) is 12.6. The standard InChI is InChI=1S/C25H26N2O3S/c1-25(31,15-18-6-3-2-4-7-18)24(29)27-22-9-5-8-21(14-22)23(28)30-17-20-12-10-19(16-26)11-13-20/h2-14,31H,15-17,26H2,1H3,(H,27,29). The molecule has 3 rings (SSSR count). The molecule has 0 fully saturated rings. The van der Waals surface area contributed by atoms with E-state index in [1.54, 1.807) is 31.2 Å². The van der Waals surface area contributed by atoms with E-state index in [0.29, 0.717) is 24.2 Å². The first kappa shape index (κ1) is 22.6. The summed E-state index contributed by atoms with van der Waals surface area (Å²) in [4.78, 5) is 25.2. The molecule has 31 heavy (non-hydrogen) atoms. The maximum atomic E-state index is 12.8. The Balaban J connectivity index is 1.60. The number of anilines is 1. The van der Waals surface area contributed by atoms with Crippen LogP contribution in [-0.2, 0) is 29.1 Å². The third-order valence-electron chi connectivity index (χ3n) is 4.87. The molecule has 0 heterocycles. The molecule has 0 saturated heterocycles. The number of ether oxygens (including phenoxy) is 1. The van der Waals surface area contributed by atoms with Crippen molar-refractivity contribution < 1.29 is 14.3 Å². The van der Waals surface area contributed by atoms with Gasteiger partial charge in [-0.2, -0.15) is 12.6 Å². The van der Waals surface area contributed by atoms with Crippen molar-refractivity contribution >= 4 is 30.2 Å². The highest BCUT2D eigenvalue weighted by Gasteiger charge is 2.29. The van der Waals surface area contributed by atoms with Crippen molar-refractivity contribution in [1.29, 1.82) is 0 Å². The van der Waals surface area contributed by atoms with Gasteiger partial charge in [-0.05, 0) is 48.2 Å². The summed E-state index contributed by atoms with van der Waals surface area (Å²) in [6.07, 6.45) is 0.480. The number of benzene rings is 3. The number of thiol groups is 1. The number of nitrogens with one attached hydrogen (secondary N) is 1. The Morgan fingerprint density at radius 2 is 1.61 bits per heavy atom. The van der Waals surface area contributed by atoms with Crippen molar-refractivity contribution in [1.82, 2.24) is 0 Å². The Kier molecular flexibility index (Phi) is 7.50. The van der Waals surface area contributed by atoms with Crippen LogP contribution in [0.3, 0.4) is 0 Å². The molecule has 3 N–H and O–H groups in total. The van der Waals surface area contributed by atoms with Crippen LogP contribution in [0.1, 0.15) is 34.0 Å². The minimum absolute atomic E-state index is 0.159. The molecule has 6 heteroatoms. The van der Waals surface area contributed by atoms with Gasteiger partial charge in [0.2, 0.25) is 5.91 Å². The SMILES string of the molecule is CC(S)(Cc1ccccc1)C(=O)Nc1cccc(C(=O)OCc2ccc(CN)cc2)c1. The second-order valence-electron chi connectivity index (χ2n) is 7.57. The van der Waals surface area contributed by atoms with Crippen LogP contribution in [0.25, 0.3) is 0 Å². The van der Waals surface area contributed by atoms with Crippen LogP contribution in [-0.4, -0.2) is 16.6 Å². The molecule has 3 aromatic carbocycles. The van der Waals surface area contributed by atoms with Gasteiger partial charge in [-0.25, -0.2) is 4.79 Å². The molecule has 0 saturated carbocycles. The van der Waals surface area contributed by atoms with Crippen LogP contribution >= 0.6 is 12.6 Å². The van der Waals surface area contributed by atoms with Crippen LogP contribution < -0.4 is 11.1 Å². The fraction of sp³-hybridized carbons (Fsp3) is 0.200. The highest BCUT2D eigenvalue weighted by Crippen LogP contribution is 2.23. The molecule has 1 atom stereocenters. The molecule has 1 unspecified atom stereocenters. The van der Waals surface area contributed by atoms with Gasteiger partial charge in [-0.3, -0.25) is 4.79 Å². The summed E-state index contributed by atoms with van der Waals surface area (Å²) in [6.45, 7) is 2.40. The van der Waals surface area contributed by atoms with Crippen molar-refractivity contribution in [2.45, 2.75) is 31.2 Å². The molecular formula is C25H26N2O3S. The molecule has 1 amide bonds. The lowest BCUT2D eigenvalue weighted by molar-refractivity contribution is -0.118. The predicted molar refractivity (Wildman–Crippen MR) is 126 cm³/mol. The highest BCUT2D eigenvalue weighted by molar-refractivity contribution is 7.82. The lowest BCUT2D eigenvalue weighted by Gasteiger charge is -2.23. The minimum atomic E-state index is -0.909. The summed E-state index contributed by atoms with van der Waals surface area (Å²) in [5.74, 6) is -0.706. The first-order chi connectivity index (χ1) is 14.9. The van der Waals surface area contributed by atoms with Crippen LogP contribution in [0, 0.1) is 0 Å². The maximum Gasteiger partial charge on any atom is 0.338 e. The van der Waals surface area contributed by atoms with E-state index < -0.39 is 10.7 Å². The van der Waals surface area contributed by atoms with Gasteiger partial charge in [0.15, 0.2) is 0 Å². The fourth-order valence-corrected chi connectivity index (χ4v) is 3.31. The smallest absolute Gasteiger partial charge is 0.338 e. The summed E-state index contributed by atoms with van der Waals surface area (Å²) >= 11 is 4.57. The molecule has 0 radical (unpaired) electrons. The number of carbonyl (C=O) groups is 2. The first-order valence-corrected chi connectivity index (χ1v) is 10.4. The zero-order valence-electron chi connectivity index (χ0n) is 17.4. The fourth-order valence-electron chi connectivity index (χ4n) is 3.07. The number of hydrogen-bond donors (Lipinski definition) is 3. The zero-order chi connectivity index (χ0) is 22.3. The third kappa shape index (κ3) is 6.44. The van der Waals surface area contributed by atoms with Crippen molar-refractivity contribution in [3.8, 4) is 0 Å². The van der Waals surface area contributed by atoms with Gasteiger partial charge in [0.05, 0.1) is 10.3 Å². The average Bonchev–Trinajstić information content (AvgIpc) is 2.78. The van der Waals surface area contributed by atoms with Gasteiger partial charge in [0, 0.05) is 12.2 Å². The molecule has 3 aromatic rings. The second kappa shape index (κ2) is 10.3. The van der Waals surface area contributed by atoms with Crippen LogP contribution in [0.2, 0.25) is 0 Å². The first-order valence-electron chi connectivity index (χ1n) is 10.0. The molecular weight excluding hydrogens is 408 g/mol. The van der Waals surface area contributed by atoms with E-state index in [2.05, 4.69) is 17.9 Å². The van der Waals surface area contributed by atoms with Crippen molar-refractivity contribution in [2.75, 3.05) is 5.32 Å². The Labute approximate surface area is 188 Å². The van der Waals surface area contributed by atoms with Crippen molar-refractivity contribution in [3.05, 3.63) is 101 Å². The van der Waals surface area contributed by atoms with E-state index >= 15 is 0 Å². The van der Waals surface area contributed by atoms with E-state index in [1.807, 2.05) is 54.6 Å². The highest BCUT2D eigenvalue weighted by atomic mass is 32.1. The molecule has 160 valence electrons. The molecule has 0 aromatic heterocycles. The number of esters is 1. The van der Waals surface area contributed by atoms with Gasteiger partial charge in [0.1, 0.15) is 6.61 Å². The monoisotopic (exact) mass is 434 g/mol. The van der Waals surface area contributed by atoms with E-state index in [4.69, 9.17) is 10.5 Å². The summed E-state index contributed by atoms with van der Waals surface area (Å²) in [6, 6.07) is 24.0. The summed E-state index contributed by atoms with van der Waals surface area (Å²) in [5, 5.41) is 2.85. The number of hydrogen-bond acceptors (Lipinski definition) is 5. The van der Waals surface area contributed by atoms with E-state index in [-0.39, 0.29) is 12.5 Å². The summed E-state index contributed by atoms with van der Waals surface area (Å²) in [7, 11) is 0. The third-order valence-corrected chi connectivity index (χ3v) is 5.23. The largest absolute Gasteiger partial charge is 0.457 e. The lowest BCUT2D eigenvalue weighted by atomic mass is 9.99. The van der Waals surface area contributed by atoms with Crippen molar-refractivity contribution in [2.24, 2.45) is 5.73 Å². The maximum absolute atomic E-state index is 12.8. The molecule has 0 aliphatic carbocycles. The molecule has 5 nitrogen and oxygen atoms in total. The van der Waals surface area contributed by atoms with Crippen LogP contribution in [0.5, 0.6) is 0 Å². The van der Waals surface area contributed by atoms with Crippen molar-refractivity contribution in [3.63, 3.8) is 0 Å². The number of carbonyl (C=O) groups excluding carboxylic acids is 2. The molecule has 0 bridgehead atoms. The van der Waals surface area contributed by atoms with Gasteiger partial charge in [-0.1, -0.05) is 60.7 Å². The average molecular weight is 435 g/mol. The van der Waals surface area contributed by atoms with E-state index in [9.17, 15) is 9.59 Å². The van der Waals surface area contributed by atoms with E-state index in [0.717, 1.165) is 16.7 Å². The molecule has 0 spiro atoms. The quantitative estimate of drug-likeness (QED) is 0.363. The van der Waals surface area contributed by atoms with Gasteiger partial charge >= 0.3 is 5.97 Å². The van der Waals surface area contributed by atoms with Crippen LogP contribution in [0.15, 0.2) is 78.9 Å². The predicted octanol–water partition coefficient (Wildman–Crippen LogP) is 4.37. The number of nitrogens with two attached hydrogens (primary N) is 1. The Bertz CT molecular complexity index is 1030. The van der Waals surface area contributed by atoms with Gasteiger partial charge < -0.3 is 15.8 Å². The van der Waals surface area contributed by atoms with Crippen LogP contribution in [0.4, 0.5) is 5.69 Å². The molecule has 0 aliphatic heterocycles. The Hall–Kier alpha value is -3.09. The van der Waals surface area contributed by atoms with Gasteiger partial charge in [-0.15, -0.1) is 0 Å². The zero-order valence-corrected chi connectivity index (χ0v) is 18.3. The lowest BCUT2D eigenvalue weighted by Crippen LogP contribution is -2.37. The van der Waals surface area contributed by atoms with E-state index in [1.165, 1.54) is 0 Å². The van der Waals surface area contributed by atoms with Gasteiger partial charge in [0.25, 0.3) is 0 Å². The minimum Gasteiger partial charge on any atom is -0.457 e.